The Morgan fingerprint density at radius 3 is 1.62 bits per heavy atom. The fourth-order valence-corrected chi connectivity index (χ4v) is 4.45. The van der Waals surface area contributed by atoms with Crippen LogP contribution in [0.1, 0.15) is 38.1 Å². The van der Waals surface area contributed by atoms with Gasteiger partial charge in [-0.25, -0.2) is 22.0 Å². The van der Waals surface area contributed by atoms with E-state index in [1.807, 2.05) is 0 Å². The third-order valence-corrected chi connectivity index (χ3v) is 5.94. The summed E-state index contributed by atoms with van der Waals surface area (Å²) < 4.78 is 83.4. The molecule has 26 heavy (non-hydrogen) atoms. The quantitative estimate of drug-likeness (QED) is 0.315. The first-order valence-electron chi connectivity index (χ1n) is 7.66. The van der Waals surface area contributed by atoms with E-state index in [9.17, 15) is 26.7 Å². The second-order valence-electron chi connectivity index (χ2n) is 5.85. The molecule has 0 heterocycles. The van der Waals surface area contributed by atoms with Gasteiger partial charge < -0.3 is 18.6 Å². The highest BCUT2D eigenvalue weighted by molar-refractivity contribution is 6.61. The molecule has 0 bridgehead atoms. The Morgan fingerprint density at radius 2 is 1.27 bits per heavy atom. The minimum absolute atomic E-state index is 0.369. The average Bonchev–Trinajstić information content (AvgIpc) is 2.55. The number of nitrogens with one attached hydrogen (secondary N) is 1. The molecule has 0 atom stereocenters. The molecule has 0 spiro atoms. The van der Waals surface area contributed by atoms with Crippen molar-refractivity contribution in [3.63, 3.8) is 0 Å². The van der Waals surface area contributed by atoms with Crippen LogP contribution in [0.15, 0.2) is 0 Å². The van der Waals surface area contributed by atoms with Crippen LogP contribution in [0, 0.1) is 29.1 Å². The van der Waals surface area contributed by atoms with Gasteiger partial charge in [0.1, 0.15) is 5.56 Å². The van der Waals surface area contributed by atoms with Gasteiger partial charge in [-0.15, -0.1) is 0 Å². The van der Waals surface area contributed by atoms with Crippen molar-refractivity contribution in [1.82, 2.24) is 5.32 Å². The maximum Gasteiger partial charge on any atom is 0.521 e. The predicted octanol–water partition coefficient (Wildman–Crippen LogP) is 3.09. The van der Waals surface area contributed by atoms with Crippen LogP contribution >= 0.6 is 0 Å². The van der Waals surface area contributed by atoms with Crippen LogP contribution in [-0.2, 0) is 13.3 Å². The summed E-state index contributed by atoms with van der Waals surface area (Å²) in [6, 6.07) is 0. The fourth-order valence-electron chi connectivity index (χ4n) is 2.08. The van der Waals surface area contributed by atoms with Gasteiger partial charge in [0.2, 0.25) is 5.82 Å². The summed E-state index contributed by atoms with van der Waals surface area (Å²) in [6.07, 6.45) is -1.17. The third-order valence-electron chi connectivity index (χ3n) is 3.04. The van der Waals surface area contributed by atoms with Gasteiger partial charge in [-0.2, -0.15) is 0 Å². The van der Waals surface area contributed by atoms with Crippen molar-refractivity contribution in [3.8, 4) is 0 Å². The highest BCUT2D eigenvalue weighted by Crippen LogP contribution is 2.23. The van der Waals surface area contributed by atoms with Crippen LogP contribution in [0.3, 0.4) is 0 Å². The Balaban J connectivity index is 3.13. The lowest BCUT2D eigenvalue weighted by Gasteiger charge is -2.31. The normalized spacial score (nSPS) is 12.2. The summed E-state index contributed by atoms with van der Waals surface area (Å²) in [6.45, 7) is 6.71. The molecule has 1 aromatic rings. The highest BCUT2D eigenvalue weighted by Gasteiger charge is 2.43. The molecule has 1 N–H and O–H groups in total. The molecule has 1 amide bonds. The lowest BCUT2D eigenvalue weighted by Crippen LogP contribution is -2.57. The summed E-state index contributed by atoms with van der Waals surface area (Å²) >= 11 is 0. The van der Waals surface area contributed by atoms with Gasteiger partial charge in [-0.3, -0.25) is 4.79 Å². The van der Waals surface area contributed by atoms with Crippen LogP contribution < -0.4 is 5.32 Å². The van der Waals surface area contributed by atoms with Gasteiger partial charge in [0, 0.05) is 19.3 Å². The van der Waals surface area contributed by atoms with Crippen LogP contribution in [0.2, 0.25) is 0 Å². The Morgan fingerprint density at radius 1 is 0.885 bits per heavy atom. The number of halogens is 5. The van der Waals surface area contributed by atoms with Crippen molar-refractivity contribution in [2.24, 2.45) is 0 Å². The average molecular weight is 401 g/mol. The summed E-state index contributed by atoms with van der Waals surface area (Å²) in [4.78, 5) is 12.0. The Labute approximate surface area is 148 Å². The van der Waals surface area contributed by atoms with Crippen molar-refractivity contribution in [2.75, 3.05) is 13.3 Å². The van der Waals surface area contributed by atoms with Gasteiger partial charge >= 0.3 is 8.80 Å². The van der Waals surface area contributed by atoms with Crippen LogP contribution in [-0.4, -0.2) is 40.2 Å². The molecule has 1 aromatic carbocycles. The minimum atomic E-state index is -3.50. The monoisotopic (exact) mass is 401 g/mol. The topological polar surface area (TPSA) is 56.8 Å². The smallest absolute Gasteiger partial charge is 0.376 e. The van der Waals surface area contributed by atoms with Gasteiger partial charge in [-0.05, 0) is 27.7 Å². The molecule has 0 saturated heterocycles. The molecule has 0 aromatic heterocycles. The van der Waals surface area contributed by atoms with Crippen molar-refractivity contribution >= 4 is 14.7 Å². The maximum atomic E-state index is 13.7. The lowest BCUT2D eigenvalue weighted by molar-refractivity contribution is 0.0313. The van der Waals surface area contributed by atoms with Crippen molar-refractivity contribution in [3.05, 3.63) is 34.6 Å². The number of carbonyl (C=O) groups is 1. The molecule has 0 radical (unpaired) electrons. The Kier molecular flexibility index (Phi) is 7.68. The second kappa shape index (κ2) is 8.89. The fraction of sp³-hybridized carbons (Fsp3) is 0.533. The molecule has 0 saturated carbocycles. The summed E-state index contributed by atoms with van der Waals surface area (Å²) in [5, 5.41) is 2.07. The number of carbonyl (C=O) groups excluding carboxylic acids is 1. The number of amides is 1. The second-order valence-corrected chi connectivity index (χ2v) is 8.45. The van der Waals surface area contributed by atoms with Gasteiger partial charge in [0.25, 0.3) is 5.91 Å². The SMILES string of the molecule is CO[Si](CNC(=O)c1c(F)c(F)c(F)c(F)c1F)(OC(C)C)OC(C)C. The molecular formula is C15H20F5NO4Si. The van der Waals surface area contributed by atoms with Gasteiger partial charge in [0.05, 0.1) is 6.17 Å². The van der Waals surface area contributed by atoms with E-state index in [0.29, 0.717) is 0 Å². The van der Waals surface area contributed by atoms with E-state index < -0.39 is 55.5 Å². The van der Waals surface area contributed by atoms with Crippen molar-refractivity contribution < 1.29 is 40.0 Å². The van der Waals surface area contributed by atoms with E-state index in [-0.39, 0.29) is 12.2 Å². The van der Waals surface area contributed by atoms with E-state index >= 15 is 0 Å². The van der Waals surface area contributed by atoms with Crippen LogP contribution in [0.25, 0.3) is 0 Å². The van der Waals surface area contributed by atoms with Crippen molar-refractivity contribution in [2.45, 2.75) is 39.9 Å². The van der Waals surface area contributed by atoms with Crippen molar-refractivity contribution in [1.29, 1.82) is 0 Å². The molecule has 11 heteroatoms. The van der Waals surface area contributed by atoms with E-state index in [1.165, 1.54) is 7.11 Å². The Bertz CT molecular complexity index is 633. The standard InChI is InChI=1S/C15H20F5NO4Si/c1-7(2)24-26(23-5,25-8(3)4)6-21-15(22)9-10(16)12(18)14(20)13(19)11(9)17/h7-8H,6H2,1-5H3,(H,21,22). The number of hydrogen-bond donors (Lipinski definition) is 1. The molecular weight excluding hydrogens is 381 g/mol. The first kappa shape index (κ1) is 22.5. The Hall–Kier alpha value is -1.56. The molecule has 5 nitrogen and oxygen atoms in total. The predicted molar refractivity (Wildman–Crippen MR) is 83.8 cm³/mol. The zero-order valence-corrected chi connectivity index (χ0v) is 15.9. The number of benzene rings is 1. The summed E-state index contributed by atoms with van der Waals surface area (Å²) in [5.74, 6) is -12.7. The molecule has 1 rings (SSSR count). The van der Waals surface area contributed by atoms with E-state index in [4.69, 9.17) is 13.3 Å². The van der Waals surface area contributed by atoms with Gasteiger partial charge in [-0.1, -0.05) is 0 Å². The summed E-state index contributed by atoms with van der Waals surface area (Å²) in [7, 11) is -2.24. The van der Waals surface area contributed by atoms with E-state index in [1.54, 1.807) is 27.7 Å². The molecule has 0 fully saturated rings. The summed E-state index contributed by atoms with van der Waals surface area (Å²) in [5.41, 5.74) is -1.59. The zero-order valence-electron chi connectivity index (χ0n) is 14.9. The molecule has 148 valence electrons. The maximum absolute atomic E-state index is 13.7. The molecule has 0 aliphatic heterocycles. The van der Waals surface area contributed by atoms with Gasteiger partial charge in [0.15, 0.2) is 23.3 Å². The number of hydrogen-bond acceptors (Lipinski definition) is 4. The zero-order chi connectivity index (χ0) is 20.2. The van der Waals surface area contributed by atoms with E-state index in [0.717, 1.165) is 0 Å². The highest BCUT2D eigenvalue weighted by atomic mass is 28.4. The van der Waals surface area contributed by atoms with Crippen LogP contribution in [0.4, 0.5) is 22.0 Å². The lowest BCUT2D eigenvalue weighted by atomic mass is 10.1. The first-order chi connectivity index (χ1) is 12.0. The largest absolute Gasteiger partial charge is 0.521 e. The molecule has 0 unspecified atom stereocenters. The first-order valence-corrected chi connectivity index (χ1v) is 9.59. The van der Waals surface area contributed by atoms with E-state index in [2.05, 4.69) is 5.32 Å². The molecule has 0 aliphatic carbocycles. The number of rotatable bonds is 8. The minimum Gasteiger partial charge on any atom is -0.376 e. The van der Waals surface area contributed by atoms with Crippen LogP contribution in [0.5, 0.6) is 0 Å². The third kappa shape index (κ3) is 4.99. The molecule has 0 aliphatic rings.